The second kappa shape index (κ2) is 7.53. The molecule has 1 aromatic carbocycles. The minimum Gasteiger partial charge on any atom is -0.435 e. The van der Waals surface area contributed by atoms with Crippen LogP contribution < -0.4 is 15.6 Å². The third kappa shape index (κ3) is 4.38. The van der Waals surface area contributed by atoms with Crippen LogP contribution in [0.2, 0.25) is 0 Å². The van der Waals surface area contributed by atoms with Gasteiger partial charge in [-0.25, -0.2) is 4.68 Å². The molecular formula is C16H14F2N4O3. The maximum atomic E-state index is 12.1. The van der Waals surface area contributed by atoms with E-state index in [1.165, 1.54) is 24.3 Å². The molecule has 0 spiro atoms. The number of nitriles is 1. The van der Waals surface area contributed by atoms with Crippen LogP contribution in [0, 0.1) is 25.2 Å². The number of anilines is 1. The number of amides is 1. The number of hydrogen-bond acceptors (Lipinski definition) is 5. The van der Waals surface area contributed by atoms with Gasteiger partial charge in [0, 0.05) is 5.69 Å². The van der Waals surface area contributed by atoms with Gasteiger partial charge in [-0.05, 0) is 43.7 Å². The molecule has 1 N–H and O–H groups in total. The summed E-state index contributed by atoms with van der Waals surface area (Å²) in [4.78, 5) is 24.2. The Kier molecular flexibility index (Phi) is 5.44. The molecule has 1 aromatic heterocycles. The first-order valence-corrected chi connectivity index (χ1v) is 7.15. The molecule has 25 heavy (non-hydrogen) atoms. The van der Waals surface area contributed by atoms with Crippen molar-refractivity contribution in [3.8, 4) is 11.8 Å². The molecule has 0 aliphatic heterocycles. The first-order chi connectivity index (χ1) is 11.8. The fraction of sp³-hybridized carbons (Fsp3) is 0.250. The predicted molar refractivity (Wildman–Crippen MR) is 84.4 cm³/mol. The maximum absolute atomic E-state index is 12.1. The summed E-state index contributed by atoms with van der Waals surface area (Å²) in [6, 6.07) is 7.12. The first kappa shape index (κ1) is 18.1. The van der Waals surface area contributed by atoms with E-state index in [2.05, 4.69) is 15.2 Å². The van der Waals surface area contributed by atoms with Crippen molar-refractivity contribution in [1.82, 2.24) is 9.78 Å². The van der Waals surface area contributed by atoms with Gasteiger partial charge in [0.2, 0.25) is 5.91 Å². The fourth-order valence-electron chi connectivity index (χ4n) is 2.07. The van der Waals surface area contributed by atoms with Gasteiger partial charge in [-0.3, -0.25) is 9.59 Å². The van der Waals surface area contributed by atoms with Gasteiger partial charge < -0.3 is 10.1 Å². The summed E-state index contributed by atoms with van der Waals surface area (Å²) in [5, 5.41) is 15.6. The van der Waals surface area contributed by atoms with Gasteiger partial charge in [0.1, 0.15) is 23.9 Å². The number of nitrogens with zero attached hydrogens (tertiary/aromatic N) is 3. The Balaban J connectivity index is 2.12. The highest BCUT2D eigenvalue weighted by Gasteiger charge is 2.14. The van der Waals surface area contributed by atoms with E-state index in [0.29, 0.717) is 16.9 Å². The van der Waals surface area contributed by atoms with E-state index in [1.807, 2.05) is 6.07 Å². The van der Waals surface area contributed by atoms with Crippen LogP contribution >= 0.6 is 0 Å². The third-order valence-corrected chi connectivity index (χ3v) is 3.41. The number of rotatable bonds is 5. The maximum Gasteiger partial charge on any atom is 0.387 e. The van der Waals surface area contributed by atoms with Crippen molar-refractivity contribution in [2.24, 2.45) is 0 Å². The van der Waals surface area contributed by atoms with Gasteiger partial charge in [0.25, 0.3) is 5.56 Å². The monoisotopic (exact) mass is 348 g/mol. The molecule has 0 fully saturated rings. The number of carbonyl (C=O) groups is 1. The van der Waals surface area contributed by atoms with Crippen LogP contribution in [0.15, 0.2) is 29.1 Å². The van der Waals surface area contributed by atoms with Gasteiger partial charge in [0.05, 0.1) is 5.69 Å². The van der Waals surface area contributed by atoms with Crippen molar-refractivity contribution in [3.05, 3.63) is 51.4 Å². The third-order valence-electron chi connectivity index (χ3n) is 3.41. The van der Waals surface area contributed by atoms with Crippen molar-refractivity contribution < 1.29 is 18.3 Å². The van der Waals surface area contributed by atoms with E-state index in [-0.39, 0.29) is 17.9 Å². The Morgan fingerprint density at radius 1 is 1.36 bits per heavy atom. The topological polar surface area (TPSA) is 97.0 Å². The molecule has 0 saturated carbocycles. The summed E-state index contributed by atoms with van der Waals surface area (Å²) >= 11 is 0. The van der Waals surface area contributed by atoms with Crippen LogP contribution in [0.4, 0.5) is 14.5 Å². The summed E-state index contributed by atoms with van der Waals surface area (Å²) in [5.74, 6) is -0.594. The quantitative estimate of drug-likeness (QED) is 0.891. The number of aromatic nitrogens is 2. The zero-order valence-corrected chi connectivity index (χ0v) is 13.4. The number of nitrogens with one attached hydrogen (secondary N) is 1. The summed E-state index contributed by atoms with van der Waals surface area (Å²) in [6.07, 6.45) is 0. The van der Waals surface area contributed by atoms with Crippen molar-refractivity contribution in [2.45, 2.75) is 27.0 Å². The van der Waals surface area contributed by atoms with E-state index in [4.69, 9.17) is 5.26 Å². The van der Waals surface area contributed by atoms with Crippen LogP contribution in [0.1, 0.15) is 16.8 Å². The molecule has 9 heteroatoms. The Hall–Kier alpha value is -3.28. The van der Waals surface area contributed by atoms with E-state index in [1.54, 1.807) is 13.8 Å². The lowest BCUT2D eigenvalue weighted by molar-refractivity contribution is -0.117. The zero-order valence-electron chi connectivity index (χ0n) is 13.4. The van der Waals surface area contributed by atoms with E-state index < -0.39 is 18.1 Å². The normalized spacial score (nSPS) is 10.4. The van der Waals surface area contributed by atoms with Crippen molar-refractivity contribution in [3.63, 3.8) is 0 Å². The smallest absolute Gasteiger partial charge is 0.387 e. The summed E-state index contributed by atoms with van der Waals surface area (Å²) in [6.45, 7) is -0.0803. The van der Waals surface area contributed by atoms with Gasteiger partial charge in [0.15, 0.2) is 0 Å². The van der Waals surface area contributed by atoms with Crippen LogP contribution in [-0.4, -0.2) is 22.3 Å². The lowest BCUT2D eigenvalue weighted by atomic mass is 10.1. The summed E-state index contributed by atoms with van der Waals surface area (Å²) in [5.41, 5.74) is 0.565. The van der Waals surface area contributed by atoms with Crippen molar-refractivity contribution in [2.75, 3.05) is 5.32 Å². The molecule has 7 nitrogen and oxygen atoms in total. The number of alkyl halides is 2. The molecule has 0 bridgehead atoms. The average Bonchev–Trinajstić information content (AvgIpc) is 2.54. The summed E-state index contributed by atoms with van der Waals surface area (Å²) < 4.78 is 29.3. The van der Waals surface area contributed by atoms with E-state index in [0.717, 1.165) is 4.68 Å². The second-order valence-corrected chi connectivity index (χ2v) is 5.11. The van der Waals surface area contributed by atoms with Crippen molar-refractivity contribution in [1.29, 1.82) is 5.26 Å². The van der Waals surface area contributed by atoms with Gasteiger partial charge in [-0.1, -0.05) is 0 Å². The van der Waals surface area contributed by atoms with Gasteiger partial charge >= 0.3 is 6.61 Å². The van der Waals surface area contributed by atoms with E-state index >= 15 is 0 Å². The fourth-order valence-corrected chi connectivity index (χ4v) is 2.07. The van der Waals surface area contributed by atoms with Gasteiger partial charge in [-0.15, -0.1) is 0 Å². The van der Waals surface area contributed by atoms with E-state index in [9.17, 15) is 18.4 Å². The SMILES string of the molecule is Cc1nn(CC(=O)Nc2ccc(OC(F)F)cc2)c(=O)c(C#N)c1C. The van der Waals surface area contributed by atoms with Crippen LogP contribution in [0.25, 0.3) is 0 Å². The predicted octanol–water partition coefficient (Wildman–Crippen LogP) is 1.97. The first-order valence-electron chi connectivity index (χ1n) is 7.15. The molecule has 2 rings (SSSR count). The number of hydrogen-bond donors (Lipinski definition) is 1. The Labute approximate surface area is 141 Å². The molecule has 130 valence electrons. The standard InChI is InChI=1S/C16H14F2N4O3/c1-9-10(2)21-22(15(24)13(9)7-19)8-14(23)20-11-3-5-12(6-4-11)25-16(17)18/h3-6,16H,8H2,1-2H3,(H,20,23). The zero-order chi connectivity index (χ0) is 18.6. The number of aryl methyl sites for hydroxylation is 1. The number of benzene rings is 1. The van der Waals surface area contributed by atoms with Crippen LogP contribution in [-0.2, 0) is 11.3 Å². The molecule has 1 amide bonds. The number of carbonyl (C=O) groups excluding carboxylic acids is 1. The number of halogens is 2. The molecule has 2 aromatic rings. The lowest BCUT2D eigenvalue weighted by Gasteiger charge is -2.10. The molecular weight excluding hydrogens is 334 g/mol. The highest BCUT2D eigenvalue weighted by Crippen LogP contribution is 2.17. The van der Waals surface area contributed by atoms with Crippen LogP contribution in [0.3, 0.4) is 0 Å². The van der Waals surface area contributed by atoms with Gasteiger partial charge in [-0.2, -0.15) is 19.1 Å². The molecule has 0 aliphatic rings. The highest BCUT2D eigenvalue weighted by molar-refractivity contribution is 5.90. The largest absolute Gasteiger partial charge is 0.435 e. The Morgan fingerprint density at radius 3 is 2.56 bits per heavy atom. The molecule has 1 heterocycles. The molecule has 0 aliphatic carbocycles. The molecule has 0 saturated heterocycles. The average molecular weight is 348 g/mol. The molecule has 0 atom stereocenters. The Morgan fingerprint density at radius 2 is 2.00 bits per heavy atom. The highest BCUT2D eigenvalue weighted by atomic mass is 19.3. The minimum absolute atomic E-state index is 0.0429. The molecule has 0 unspecified atom stereocenters. The van der Waals surface area contributed by atoms with Crippen molar-refractivity contribution >= 4 is 11.6 Å². The number of ether oxygens (including phenoxy) is 1. The minimum atomic E-state index is -2.93. The Bertz CT molecular complexity index is 886. The molecule has 0 radical (unpaired) electrons. The van der Waals surface area contributed by atoms with Crippen LogP contribution in [0.5, 0.6) is 5.75 Å². The lowest BCUT2D eigenvalue weighted by Crippen LogP contribution is -2.32. The summed E-state index contributed by atoms with van der Waals surface area (Å²) in [7, 11) is 0. The second-order valence-electron chi connectivity index (χ2n) is 5.11.